The quantitative estimate of drug-likeness (QED) is 0.935. The third kappa shape index (κ3) is 2.75. The van der Waals surface area contributed by atoms with Crippen molar-refractivity contribution in [3.8, 4) is 5.75 Å². The number of hydrogen-bond acceptors (Lipinski definition) is 7. The number of hydrogen-bond donors (Lipinski definition) is 1. The molecular weight excluding hydrogens is 292 g/mol. The Hall–Kier alpha value is -2.35. The first-order valence-corrected chi connectivity index (χ1v) is 7.14. The minimum absolute atomic E-state index is 0.364. The number of anilines is 3. The molecule has 0 unspecified atom stereocenters. The molecule has 8 heteroatoms. The average Bonchev–Trinajstić information content (AvgIpc) is 3.07. The Morgan fingerprint density at radius 1 is 1.48 bits per heavy atom. The zero-order valence-corrected chi connectivity index (χ0v) is 12.4. The normalized spacial score (nSPS) is 14.2. The van der Waals surface area contributed by atoms with Crippen LogP contribution in [0.3, 0.4) is 0 Å². The van der Waals surface area contributed by atoms with Crippen LogP contribution in [0.1, 0.15) is 5.82 Å². The first-order valence-electron chi connectivity index (χ1n) is 6.37. The Kier molecular flexibility index (Phi) is 3.61. The van der Waals surface area contributed by atoms with Gasteiger partial charge in [0.25, 0.3) is 0 Å². The summed E-state index contributed by atoms with van der Waals surface area (Å²) in [6.45, 7) is 2.73. The van der Waals surface area contributed by atoms with Gasteiger partial charge in [0.1, 0.15) is 18.2 Å². The fourth-order valence-corrected chi connectivity index (χ4v) is 2.66. The van der Waals surface area contributed by atoms with Gasteiger partial charge < -0.3 is 14.8 Å². The number of cyclic esters (lactones) is 1. The lowest BCUT2D eigenvalue weighted by Gasteiger charge is -2.17. The molecule has 0 atom stereocenters. The number of carbonyl (C=O) groups is 1. The van der Waals surface area contributed by atoms with Gasteiger partial charge in [0, 0.05) is 17.2 Å². The van der Waals surface area contributed by atoms with Gasteiger partial charge >= 0.3 is 6.09 Å². The van der Waals surface area contributed by atoms with Gasteiger partial charge in [0.05, 0.1) is 19.3 Å². The maximum atomic E-state index is 11.7. The number of ether oxygens (including phenoxy) is 2. The Morgan fingerprint density at radius 3 is 2.95 bits per heavy atom. The third-order valence-corrected chi connectivity index (χ3v) is 3.73. The molecule has 0 spiro atoms. The SMILES string of the molecule is COc1ccc(Nc2nc(C)ns2)cc1N1CCOC1=O. The highest BCUT2D eigenvalue weighted by Gasteiger charge is 2.26. The van der Waals surface area contributed by atoms with Crippen LogP contribution >= 0.6 is 11.5 Å². The third-order valence-electron chi connectivity index (χ3n) is 3.01. The number of rotatable bonds is 4. The zero-order chi connectivity index (χ0) is 14.8. The predicted molar refractivity (Wildman–Crippen MR) is 79.6 cm³/mol. The second-order valence-electron chi connectivity index (χ2n) is 4.42. The predicted octanol–water partition coefficient (Wildman–Crippen LogP) is 2.56. The summed E-state index contributed by atoms with van der Waals surface area (Å²) in [7, 11) is 1.57. The summed E-state index contributed by atoms with van der Waals surface area (Å²) in [6.07, 6.45) is -0.364. The van der Waals surface area contributed by atoms with E-state index in [2.05, 4.69) is 14.7 Å². The van der Waals surface area contributed by atoms with Gasteiger partial charge in [-0.3, -0.25) is 4.90 Å². The average molecular weight is 306 g/mol. The summed E-state index contributed by atoms with van der Waals surface area (Å²) >= 11 is 1.28. The van der Waals surface area contributed by atoms with Crippen molar-refractivity contribution in [3.05, 3.63) is 24.0 Å². The lowest BCUT2D eigenvalue weighted by atomic mass is 10.2. The molecule has 2 aromatic rings. The van der Waals surface area contributed by atoms with Gasteiger partial charge in [-0.1, -0.05) is 0 Å². The molecule has 21 heavy (non-hydrogen) atoms. The Morgan fingerprint density at radius 2 is 2.33 bits per heavy atom. The van der Waals surface area contributed by atoms with Crippen molar-refractivity contribution in [2.75, 3.05) is 30.5 Å². The molecule has 0 aliphatic carbocycles. The Labute approximate surface area is 125 Å². The summed E-state index contributed by atoms with van der Waals surface area (Å²) in [6, 6.07) is 5.50. The van der Waals surface area contributed by atoms with Gasteiger partial charge in [0.15, 0.2) is 0 Å². The molecule has 0 bridgehead atoms. The van der Waals surface area contributed by atoms with Gasteiger partial charge in [0.2, 0.25) is 5.13 Å². The van der Waals surface area contributed by atoms with Crippen molar-refractivity contribution in [2.24, 2.45) is 0 Å². The van der Waals surface area contributed by atoms with Gasteiger partial charge in [-0.2, -0.15) is 4.37 Å². The van der Waals surface area contributed by atoms with E-state index in [0.717, 1.165) is 11.5 Å². The lowest BCUT2D eigenvalue weighted by molar-refractivity contribution is 0.181. The van der Waals surface area contributed by atoms with Gasteiger partial charge in [-0.25, -0.2) is 9.78 Å². The molecule has 0 radical (unpaired) electrons. The highest BCUT2D eigenvalue weighted by atomic mass is 32.1. The van der Waals surface area contributed by atoms with Crippen LogP contribution in [0.15, 0.2) is 18.2 Å². The van der Waals surface area contributed by atoms with E-state index in [1.54, 1.807) is 18.1 Å². The van der Waals surface area contributed by atoms with Crippen LogP contribution < -0.4 is 15.0 Å². The summed E-state index contributed by atoms with van der Waals surface area (Å²) < 4.78 is 14.4. The highest BCUT2D eigenvalue weighted by molar-refractivity contribution is 7.09. The van der Waals surface area contributed by atoms with E-state index in [-0.39, 0.29) is 6.09 Å². The maximum Gasteiger partial charge on any atom is 0.414 e. The van der Waals surface area contributed by atoms with E-state index in [1.807, 2.05) is 19.1 Å². The standard InChI is InChI=1S/C13H14N4O3S/c1-8-14-12(21-16-8)15-9-3-4-11(19-2)10(7-9)17-5-6-20-13(17)18/h3-4,7H,5-6H2,1-2H3,(H,14,15,16). The molecule has 1 aromatic heterocycles. The van der Waals surface area contributed by atoms with E-state index < -0.39 is 0 Å². The van der Waals surface area contributed by atoms with E-state index in [4.69, 9.17) is 9.47 Å². The van der Waals surface area contributed by atoms with Crippen LogP contribution in [-0.4, -0.2) is 35.7 Å². The molecule has 1 aliphatic heterocycles. The minimum Gasteiger partial charge on any atom is -0.495 e. The number of methoxy groups -OCH3 is 1. The summed E-state index contributed by atoms with van der Waals surface area (Å²) in [5.41, 5.74) is 1.48. The molecule has 1 N–H and O–H groups in total. The second kappa shape index (κ2) is 5.57. The van der Waals surface area contributed by atoms with Crippen LogP contribution in [0.25, 0.3) is 0 Å². The largest absolute Gasteiger partial charge is 0.495 e. The molecule has 3 rings (SSSR count). The molecule has 1 aromatic carbocycles. The summed E-state index contributed by atoms with van der Waals surface area (Å²) in [4.78, 5) is 17.5. The van der Waals surface area contributed by atoms with Crippen molar-refractivity contribution in [2.45, 2.75) is 6.92 Å². The molecule has 1 fully saturated rings. The first-order chi connectivity index (χ1) is 10.2. The zero-order valence-electron chi connectivity index (χ0n) is 11.6. The Balaban J connectivity index is 1.90. The van der Waals surface area contributed by atoms with E-state index in [0.29, 0.717) is 29.7 Å². The molecule has 7 nitrogen and oxygen atoms in total. The van der Waals surface area contributed by atoms with Crippen molar-refractivity contribution in [3.63, 3.8) is 0 Å². The van der Waals surface area contributed by atoms with Crippen LogP contribution in [0, 0.1) is 6.92 Å². The van der Waals surface area contributed by atoms with Crippen LogP contribution in [0.2, 0.25) is 0 Å². The maximum absolute atomic E-state index is 11.7. The van der Waals surface area contributed by atoms with E-state index in [1.165, 1.54) is 11.5 Å². The fourth-order valence-electron chi connectivity index (χ4n) is 2.06. The van der Waals surface area contributed by atoms with Crippen molar-refractivity contribution < 1.29 is 14.3 Å². The number of aromatic nitrogens is 2. The minimum atomic E-state index is -0.364. The fraction of sp³-hybridized carbons (Fsp3) is 0.308. The number of amides is 1. The summed E-state index contributed by atoms with van der Waals surface area (Å²) in [5.74, 6) is 1.34. The van der Waals surface area contributed by atoms with Crippen LogP contribution in [-0.2, 0) is 4.74 Å². The molecule has 1 saturated heterocycles. The van der Waals surface area contributed by atoms with E-state index in [9.17, 15) is 4.79 Å². The number of aryl methyl sites for hydroxylation is 1. The van der Waals surface area contributed by atoms with E-state index >= 15 is 0 Å². The monoisotopic (exact) mass is 306 g/mol. The number of nitrogens with one attached hydrogen (secondary N) is 1. The van der Waals surface area contributed by atoms with Crippen molar-refractivity contribution in [1.82, 2.24) is 9.36 Å². The van der Waals surface area contributed by atoms with Crippen LogP contribution in [0.5, 0.6) is 5.75 Å². The lowest BCUT2D eigenvalue weighted by Crippen LogP contribution is -2.23. The molecular formula is C13H14N4O3S. The Bertz CT molecular complexity index is 673. The topological polar surface area (TPSA) is 76.6 Å². The van der Waals surface area contributed by atoms with Crippen LogP contribution in [0.4, 0.5) is 21.3 Å². The number of nitrogens with zero attached hydrogens (tertiary/aromatic N) is 3. The molecule has 1 aliphatic rings. The van der Waals surface area contributed by atoms with Gasteiger partial charge in [-0.15, -0.1) is 0 Å². The first kappa shape index (κ1) is 13.6. The van der Waals surface area contributed by atoms with Crippen molar-refractivity contribution >= 4 is 34.1 Å². The molecule has 110 valence electrons. The summed E-state index contributed by atoms with van der Waals surface area (Å²) in [5, 5.41) is 3.87. The number of benzene rings is 1. The highest BCUT2D eigenvalue weighted by Crippen LogP contribution is 2.34. The number of carbonyl (C=O) groups excluding carboxylic acids is 1. The molecule has 2 heterocycles. The van der Waals surface area contributed by atoms with Crippen molar-refractivity contribution in [1.29, 1.82) is 0 Å². The smallest absolute Gasteiger partial charge is 0.414 e. The molecule has 1 amide bonds. The molecule has 0 saturated carbocycles. The second-order valence-corrected chi connectivity index (χ2v) is 5.18. The van der Waals surface area contributed by atoms with Gasteiger partial charge in [-0.05, 0) is 25.1 Å².